The van der Waals surface area contributed by atoms with Crippen molar-refractivity contribution in [2.24, 2.45) is 0 Å². The van der Waals surface area contributed by atoms with Crippen molar-refractivity contribution in [3.63, 3.8) is 0 Å². The Kier molecular flexibility index (Phi) is 7.69. The molecule has 0 aliphatic heterocycles. The predicted octanol–water partition coefficient (Wildman–Crippen LogP) is 3.98. The Morgan fingerprint density at radius 1 is 0.938 bits per heavy atom. The SMILES string of the molecule is O=C(COC(=O)CCc1ccc(-c2ccccc2)o1)NC(=O)c1ccc(OC(F)F)cc1. The molecular weight excluding hydrogens is 424 g/mol. The number of benzene rings is 2. The van der Waals surface area contributed by atoms with E-state index < -0.39 is 31.0 Å². The van der Waals surface area contributed by atoms with E-state index in [0.29, 0.717) is 17.9 Å². The Morgan fingerprint density at radius 3 is 2.34 bits per heavy atom. The molecule has 1 aromatic heterocycles. The molecule has 0 radical (unpaired) electrons. The number of carbonyl (C=O) groups excluding carboxylic acids is 3. The van der Waals surface area contributed by atoms with Crippen LogP contribution in [-0.4, -0.2) is 31.0 Å². The van der Waals surface area contributed by atoms with Gasteiger partial charge in [-0.2, -0.15) is 8.78 Å². The molecule has 3 rings (SSSR count). The molecule has 0 saturated carbocycles. The quantitative estimate of drug-likeness (QED) is 0.503. The highest BCUT2D eigenvalue weighted by atomic mass is 19.3. The number of aryl methyl sites for hydroxylation is 1. The molecule has 7 nitrogen and oxygen atoms in total. The molecule has 0 bridgehead atoms. The van der Waals surface area contributed by atoms with Crippen LogP contribution in [0.25, 0.3) is 11.3 Å². The highest BCUT2D eigenvalue weighted by Crippen LogP contribution is 2.22. The fourth-order valence-corrected chi connectivity index (χ4v) is 2.74. The number of imide groups is 1. The van der Waals surface area contributed by atoms with Crippen LogP contribution in [0.4, 0.5) is 8.78 Å². The van der Waals surface area contributed by atoms with Gasteiger partial charge in [0.1, 0.15) is 17.3 Å². The van der Waals surface area contributed by atoms with Crippen molar-refractivity contribution in [2.75, 3.05) is 6.61 Å². The van der Waals surface area contributed by atoms with Gasteiger partial charge < -0.3 is 13.9 Å². The van der Waals surface area contributed by atoms with Gasteiger partial charge in [-0.1, -0.05) is 30.3 Å². The summed E-state index contributed by atoms with van der Waals surface area (Å²) in [5.74, 6) is -1.05. The molecule has 0 fully saturated rings. The van der Waals surface area contributed by atoms with Crippen molar-refractivity contribution in [1.29, 1.82) is 0 Å². The second-order valence-electron chi connectivity index (χ2n) is 6.57. The van der Waals surface area contributed by atoms with Crippen LogP contribution in [0.2, 0.25) is 0 Å². The number of amides is 2. The van der Waals surface area contributed by atoms with Crippen LogP contribution in [-0.2, 0) is 20.7 Å². The molecule has 9 heteroatoms. The van der Waals surface area contributed by atoms with Crippen molar-refractivity contribution in [2.45, 2.75) is 19.5 Å². The van der Waals surface area contributed by atoms with Crippen molar-refractivity contribution >= 4 is 17.8 Å². The van der Waals surface area contributed by atoms with Crippen LogP contribution in [0.3, 0.4) is 0 Å². The molecule has 2 aromatic carbocycles. The lowest BCUT2D eigenvalue weighted by atomic mass is 10.2. The van der Waals surface area contributed by atoms with Gasteiger partial charge in [0, 0.05) is 17.5 Å². The van der Waals surface area contributed by atoms with Crippen molar-refractivity contribution in [3.05, 3.63) is 78.1 Å². The van der Waals surface area contributed by atoms with E-state index >= 15 is 0 Å². The minimum absolute atomic E-state index is 0.00539. The van der Waals surface area contributed by atoms with Gasteiger partial charge in [0.05, 0.1) is 6.42 Å². The maximum Gasteiger partial charge on any atom is 0.387 e. The molecule has 2 amide bonds. The standard InChI is InChI=1S/C23H19F2NO6/c24-23(25)32-18-8-6-16(7-9-18)22(29)26-20(27)14-30-21(28)13-11-17-10-12-19(31-17)15-4-2-1-3-5-15/h1-10,12,23H,11,13-14H2,(H,26,27,29). The highest BCUT2D eigenvalue weighted by molar-refractivity contribution is 6.05. The summed E-state index contributed by atoms with van der Waals surface area (Å²) in [6.45, 7) is -3.62. The maximum atomic E-state index is 12.1. The summed E-state index contributed by atoms with van der Waals surface area (Å²) in [6.07, 6.45) is 0.286. The number of esters is 1. The number of alkyl halides is 2. The number of nitrogens with one attached hydrogen (secondary N) is 1. The molecule has 0 unspecified atom stereocenters. The Balaban J connectivity index is 1.39. The Bertz CT molecular complexity index is 1060. The van der Waals surface area contributed by atoms with Gasteiger partial charge in [0.2, 0.25) is 0 Å². The summed E-state index contributed by atoms with van der Waals surface area (Å²) >= 11 is 0. The number of carbonyl (C=O) groups is 3. The van der Waals surface area contributed by atoms with Gasteiger partial charge >= 0.3 is 12.6 Å². The Morgan fingerprint density at radius 2 is 1.66 bits per heavy atom. The minimum Gasteiger partial charge on any atom is -0.461 e. The lowest BCUT2D eigenvalue weighted by Gasteiger charge is -2.07. The van der Waals surface area contributed by atoms with E-state index in [9.17, 15) is 23.2 Å². The van der Waals surface area contributed by atoms with Gasteiger partial charge in [0.25, 0.3) is 11.8 Å². The predicted molar refractivity (Wildman–Crippen MR) is 109 cm³/mol. The van der Waals surface area contributed by atoms with Crippen LogP contribution in [0.15, 0.2) is 71.1 Å². The largest absolute Gasteiger partial charge is 0.461 e. The minimum atomic E-state index is -2.98. The highest BCUT2D eigenvalue weighted by Gasteiger charge is 2.14. The molecule has 0 aliphatic rings. The van der Waals surface area contributed by atoms with Crippen molar-refractivity contribution in [3.8, 4) is 17.1 Å². The number of furan rings is 1. The molecule has 3 aromatic rings. The third-order valence-electron chi connectivity index (χ3n) is 4.25. The Hall–Kier alpha value is -4.01. The summed E-state index contributed by atoms with van der Waals surface area (Å²) in [7, 11) is 0. The average molecular weight is 443 g/mol. The van der Waals surface area contributed by atoms with Crippen LogP contribution in [0.1, 0.15) is 22.5 Å². The van der Waals surface area contributed by atoms with E-state index in [0.717, 1.165) is 5.56 Å². The van der Waals surface area contributed by atoms with Gasteiger partial charge in [-0.15, -0.1) is 0 Å². The van der Waals surface area contributed by atoms with Crippen LogP contribution in [0, 0.1) is 0 Å². The van der Waals surface area contributed by atoms with Crippen molar-refractivity contribution < 1.29 is 37.1 Å². The van der Waals surface area contributed by atoms with E-state index in [1.807, 2.05) is 35.6 Å². The summed E-state index contributed by atoms with van der Waals surface area (Å²) in [6, 6.07) is 17.8. The molecule has 1 N–H and O–H groups in total. The van der Waals surface area contributed by atoms with Gasteiger partial charge in [-0.25, -0.2) is 0 Å². The second-order valence-corrected chi connectivity index (χ2v) is 6.57. The molecule has 0 aliphatic carbocycles. The number of ether oxygens (including phenoxy) is 2. The van der Waals surface area contributed by atoms with E-state index in [4.69, 9.17) is 9.15 Å². The molecule has 0 atom stereocenters. The number of halogens is 2. The van der Waals surface area contributed by atoms with E-state index in [2.05, 4.69) is 4.74 Å². The van der Waals surface area contributed by atoms with E-state index in [1.54, 1.807) is 12.1 Å². The zero-order valence-corrected chi connectivity index (χ0v) is 16.8. The lowest BCUT2D eigenvalue weighted by molar-refractivity contribution is -0.148. The third-order valence-corrected chi connectivity index (χ3v) is 4.25. The topological polar surface area (TPSA) is 94.8 Å². The van der Waals surface area contributed by atoms with Gasteiger partial charge in [0.15, 0.2) is 6.61 Å². The van der Waals surface area contributed by atoms with Crippen LogP contribution in [0.5, 0.6) is 5.75 Å². The summed E-state index contributed by atoms with van der Waals surface area (Å²) in [4.78, 5) is 35.7. The van der Waals surface area contributed by atoms with Gasteiger partial charge in [-0.3, -0.25) is 19.7 Å². The van der Waals surface area contributed by atoms with Crippen LogP contribution >= 0.6 is 0 Å². The lowest BCUT2D eigenvalue weighted by Crippen LogP contribution is -2.34. The summed E-state index contributed by atoms with van der Waals surface area (Å²) < 4.78 is 39.0. The Labute approximate surface area is 181 Å². The summed E-state index contributed by atoms with van der Waals surface area (Å²) in [5.41, 5.74) is 0.970. The van der Waals surface area contributed by atoms with Crippen LogP contribution < -0.4 is 10.1 Å². The van der Waals surface area contributed by atoms with Gasteiger partial charge in [-0.05, 0) is 36.4 Å². The molecule has 32 heavy (non-hydrogen) atoms. The number of hydrogen-bond donors (Lipinski definition) is 1. The molecule has 1 heterocycles. The normalized spacial score (nSPS) is 10.6. The average Bonchev–Trinajstić information content (AvgIpc) is 3.26. The first-order valence-corrected chi connectivity index (χ1v) is 9.59. The van der Waals surface area contributed by atoms with Crippen molar-refractivity contribution in [1.82, 2.24) is 5.32 Å². The molecular formula is C23H19F2NO6. The number of rotatable bonds is 9. The second kappa shape index (κ2) is 10.9. The van der Waals surface area contributed by atoms with E-state index in [-0.39, 0.29) is 17.7 Å². The van der Waals surface area contributed by atoms with E-state index in [1.165, 1.54) is 24.3 Å². The summed E-state index contributed by atoms with van der Waals surface area (Å²) in [5, 5.41) is 2.04. The fraction of sp³-hybridized carbons (Fsp3) is 0.174. The molecule has 0 spiro atoms. The molecule has 0 saturated heterocycles. The smallest absolute Gasteiger partial charge is 0.387 e. The fourth-order valence-electron chi connectivity index (χ4n) is 2.74. The monoisotopic (exact) mass is 443 g/mol. The first kappa shape index (κ1) is 22.7. The zero-order valence-electron chi connectivity index (χ0n) is 16.8. The number of hydrogen-bond acceptors (Lipinski definition) is 6. The first-order chi connectivity index (χ1) is 15.4. The third kappa shape index (κ3) is 6.76. The first-order valence-electron chi connectivity index (χ1n) is 9.59. The zero-order chi connectivity index (χ0) is 22.9. The molecule has 166 valence electrons. The maximum absolute atomic E-state index is 12.1.